The Balaban J connectivity index is 2.44. The van der Waals surface area contributed by atoms with Gasteiger partial charge < -0.3 is 9.94 Å². The van der Waals surface area contributed by atoms with E-state index >= 15 is 0 Å². The van der Waals surface area contributed by atoms with Crippen LogP contribution in [0.15, 0.2) is 30.3 Å². The Labute approximate surface area is 86.6 Å². The molecule has 1 aromatic carbocycles. The first-order valence-electron chi connectivity index (χ1n) is 4.36. The number of hydrogen-bond donors (Lipinski definition) is 2. The van der Waals surface area contributed by atoms with E-state index in [-0.39, 0.29) is 0 Å². The second-order valence-corrected chi connectivity index (χ2v) is 2.95. The molecule has 0 aliphatic carbocycles. The Morgan fingerprint density at radius 2 is 1.93 bits per heavy atom. The number of rotatable bonds is 4. The van der Waals surface area contributed by atoms with Gasteiger partial charge in [-0.25, -0.2) is 10.3 Å². The molecular formula is C10H11NO4. The van der Waals surface area contributed by atoms with Crippen LogP contribution in [0.5, 0.6) is 0 Å². The summed E-state index contributed by atoms with van der Waals surface area (Å²) in [5.41, 5.74) is 2.95. The summed E-state index contributed by atoms with van der Waals surface area (Å²) < 4.78 is 0. The van der Waals surface area contributed by atoms with Crippen LogP contribution in [0.25, 0.3) is 0 Å². The standard InChI is InChI=1S/C10H11NO4/c1-7(9(12)13)10(14)15-11-8-5-3-2-4-6-8/h2-7,11H,1H3,(H,12,13). The monoisotopic (exact) mass is 209 g/mol. The first kappa shape index (κ1) is 11.0. The number of benzene rings is 1. The van der Waals surface area contributed by atoms with Gasteiger partial charge in [-0.15, -0.1) is 0 Å². The fraction of sp³-hybridized carbons (Fsp3) is 0.200. The minimum Gasteiger partial charge on any atom is -0.481 e. The molecule has 2 N–H and O–H groups in total. The average molecular weight is 209 g/mol. The van der Waals surface area contributed by atoms with Gasteiger partial charge >= 0.3 is 11.9 Å². The highest BCUT2D eigenvalue weighted by Gasteiger charge is 2.22. The predicted molar refractivity (Wildman–Crippen MR) is 53.0 cm³/mol. The first-order chi connectivity index (χ1) is 7.11. The van der Waals surface area contributed by atoms with Gasteiger partial charge in [-0.3, -0.25) is 4.79 Å². The molecule has 0 fully saturated rings. The summed E-state index contributed by atoms with van der Waals surface area (Å²) in [6, 6.07) is 8.72. The van der Waals surface area contributed by atoms with E-state index in [0.717, 1.165) is 0 Å². The highest BCUT2D eigenvalue weighted by atomic mass is 16.7. The topological polar surface area (TPSA) is 75.6 Å². The van der Waals surface area contributed by atoms with Crippen molar-refractivity contribution in [3.8, 4) is 0 Å². The lowest BCUT2D eigenvalue weighted by Gasteiger charge is -2.08. The SMILES string of the molecule is CC(C(=O)O)C(=O)ONc1ccccc1. The van der Waals surface area contributed by atoms with Gasteiger partial charge in [0, 0.05) is 0 Å². The third kappa shape index (κ3) is 3.30. The first-order valence-corrected chi connectivity index (χ1v) is 4.36. The van der Waals surface area contributed by atoms with Gasteiger partial charge in [-0.05, 0) is 19.1 Å². The van der Waals surface area contributed by atoms with E-state index in [1.807, 2.05) is 6.07 Å². The fourth-order valence-corrected chi connectivity index (χ4v) is 0.805. The minimum absolute atomic E-state index is 0.587. The average Bonchev–Trinajstić information content (AvgIpc) is 2.26. The number of aliphatic carboxylic acids is 1. The number of nitrogens with one attached hydrogen (secondary N) is 1. The molecule has 0 spiro atoms. The number of anilines is 1. The van der Waals surface area contributed by atoms with Crippen LogP contribution in [0.4, 0.5) is 5.69 Å². The highest BCUT2D eigenvalue weighted by Crippen LogP contribution is 2.06. The van der Waals surface area contributed by atoms with Gasteiger partial charge in [-0.1, -0.05) is 18.2 Å². The van der Waals surface area contributed by atoms with E-state index in [1.165, 1.54) is 6.92 Å². The van der Waals surface area contributed by atoms with Crippen molar-refractivity contribution in [2.75, 3.05) is 5.48 Å². The Morgan fingerprint density at radius 1 is 1.33 bits per heavy atom. The van der Waals surface area contributed by atoms with Crippen molar-refractivity contribution >= 4 is 17.6 Å². The molecule has 0 bridgehead atoms. The lowest BCUT2D eigenvalue weighted by molar-refractivity contribution is -0.155. The van der Waals surface area contributed by atoms with Gasteiger partial charge in [0.25, 0.3) is 0 Å². The number of para-hydroxylation sites is 1. The van der Waals surface area contributed by atoms with E-state index in [2.05, 4.69) is 10.3 Å². The molecule has 0 aliphatic rings. The van der Waals surface area contributed by atoms with Crippen LogP contribution in [0.2, 0.25) is 0 Å². The number of carbonyl (C=O) groups is 2. The summed E-state index contributed by atoms with van der Waals surface area (Å²) in [5, 5.41) is 8.52. The summed E-state index contributed by atoms with van der Waals surface area (Å²) in [7, 11) is 0. The molecule has 0 aliphatic heterocycles. The predicted octanol–water partition coefficient (Wildman–Crippen LogP) is 1.28. The van der Waals surface area contributed by atoms with Crippen molar-refractivity contribution < 1.29 is 19.5 Å². The number of carboxylic acid groups (broad SMARTS) is 1. The zero-order valence-corrected chi connectivity index (χ0v) is 8.14. The molecule has 15 heavy (non-hydrogen) atoms. The second kappa shape index (κ2) is 4.99. The Morgan fingerprint density at radius 3 is 2.47 bits per heavy atom. The second-order valence-electron chi connectivity index (χ2n) is 2.95. The van der Waals surface area contributed by atoms with Crippen LogP contribution in [-0.2, 0) is 14.4 Å². The molecule has 0 amide bonds. The van der Waals surface area contributed by atoms with Crippen LogP contribution in [0.3, 0.4) is 0 Å². The molecule has 80 valence electrons. The van der Waals surface area contributed by atoms with Crippen LogP contribution in [0, 0.1) is 5.92 Å². The maximum Gasteiger partial charge on any atom is 0.345 e. The Hall–Kier alpha value is -2.04. The molecule has 1 atom stereocenters. The summed E-state index contributed by atoms with van der Waals surface area (Å²) in [4.78, 5) is 26.1. The Bertz CT molecular complexity index is 350. The molecule has 1 unspecified atom stereocenters. The van der Waals surface area contributed by atoms with Crippen molar-refractivity contribution in [3.63, 3.8) is 0 Å². The molecule has 0 aromatic heterocycles. The van der Waals surface area contributed by atoms with E-state index in [1.54, 1.807) is 24.3 Å². The molecule has 1 rings (SSSR count). The summed E-state index contributed by atoms with van der Waals surface area (Å²) in [5.74, 6) is -3.22. The molecule has 5 nitrogen and oxygen atoms in total. The van der Waals surface area contributed by atoms with Crippen LogP contribution >= 0.6 is 0 Å². The summed E-state index contributed by atoms with van der Waals surface area (Å²) in [6.07, 6.45) is 0. The molecule has 0 radical (unpaired) electrons. The zero-order chi connectivity index (χ0) is 11.3. The quantitative estimate of drug-likeness (QED) is 0.577. The molecule has 0 heterocycles. The zero-order valence-electron chi connectivity index (χ0n) is 8.14. The van der Waals surface area contributed by atoms with Crippen LogP contribution in [-0.4, -0.2) is 17.0 Å². The Kier molecular flexibility index (Phi) is 3.68. The van der Waals surface area contributed by atoms with Crippen molar-refractivity contribution in [2.45, 2.75) is 6.92 Å². The van der Waals surface area contributed by atoms with Gasteiger partial charge in [0.2, 0.25) is 0 Å². The summed E-state index contributed by atoms with van der Waals surface area (Å²) >= 11 is 0. The van der Waals surface area contributed by atoms with E-state index in [9.17, 15) is 9.59 Å². The third-order valence-corrected chi connectivity index (χ3v) is 1.77. The smallest absolute Gasteiger partial charge is 0.345 e. The highest BCUT2D eigenvalue weighted by molar-refractivity contribution is 5.93. The number of hydrogen-bond acceptors (Lipinski definition) is 4. The third-order valence-electron chi connectivity index (χ3n) is 1.77. The normalized spacial score (nSPS) is 11.5. The lowest BCUT2D eigenvalue weighted by atomic mass is 10.2. The van der Waals surface area contributed by atoms with E-state index in [0.29, 0.717) is 5.69 Å². The van der Waals surface area contributed by atoms with Crippen LogP contribution < -0.4 is 5.48 Å². The van der Waals surface area contributed by atoms with Gasteiger partial charge in [0.1, 0.15) is 0 Å². The van der Waals surface area contributed by atoms with E-state index in [4.69, 9.17) is 5.11 Å². The summed E-state index contributed by atoms with van der Waals surface area (Å²) in [6.45, 7) is 1.26. The molecule has 5 heteroatoms. The number of carboxylic acids is 1. The van der Waals surface area contributed by atoms with Crippen molar-refractivity contribution in [1.29, 1.82) is 0 Å². The fourth-order valence-electron chi connectivity index (χ4n) is 0.805. The molecule has 0 saturated carbocycles. The van der Waals surface area contributed by atoms with E-state index < -0.39 is 17.9 Å². The maximum atomic E-state index is 11.1. The van der Waals surface area contributed by atoms with Crippen molar-refractivity contribution in [1.82, 2.24) is 0 Å². The molecular weight excluding hydrogens is 198 g/mol. The molecule has 1 aromatic rings. The lowest BCUT2D eigenvalue weighted by Crippen LogP contribution is -2.24. The van der Waals surface area contributed by atoms with Gasteiger partial charge in [0.05, 0.1) is 5.69 Å². The largest absolute Gasteiger partial charge is 0.481 e. The van der Waals surface area contributed by atoms with Crippen molar-refractivity contribution in [2.24, 2.45) is 5.92 Å². The number of carbonyl (C=O) groups excluding carboxylic acids is 1. The molecule has 0 saturated heterocycles. The van der Waals surface area contributed by atoms with Crippen molar-refractivity contribution in [3.05, 3.63) is 30.3 Å². The van der Waals surface area contributed by atoms with Gasteiger partial charge in [-0.2, -0.15) is 0 Å². The van der Waals surface area contributed by atoms with Gasteiger partial charge in [0.15, 0.2) is 5.92 Å². The van der Waals surface area contributed by atoms with Crippen LogP contribution in [0.1, 0.15) is 6.92 Å². The minimum atomic E-state index is -1.21. The maximum absolute atomic E-state index is 11.1.